The van der Waals surface area contributed by atoms with Gasteiger partial charge in [-0.05, 0) is 72.8 Å². The fourth-order valence-electron chi connectivity index (χ4n) is 4.50. The van der Waals surface area contributed by atoms with Crippen molar-refractivity contribution in [3.05, 3.63) is 116 Å². The molecule has 1 heterocycles. The summed E-state index contributed by atoms with van der Waals surface area (Å²) >= 11 is 0. The number of pyridine rings is 1. The number of hydrogen-bond acceptors (Lipinski definition) is 1. The van der Waals surface area contributed by atoms with Crippen LogP contribution in [0.3, 0.4) is 0 Å². The summed E-state index contributed by atoms with van der Waals surface area (Å²) < 4.78 is 0. The first-order chi connectivity index (χ1) is 14.9. The molecule has 0 saturated carbocycles. The normalized spacial score (nSPS) is 11.3. The molecule has 1 aromatic heterocycles. The maximum Gasteiger partial charge on any atom is 0.0273 e. The lowest BCUT2D eigenvalue weighted by molar-refractivity contribution is 1.33. The first-order valence-corrected chi connectivity index (χ1v) is 10.2. The Hall–Kier alpha value is -3.97. The average molecular weight is 380 g/mol. The van der Waals surface area contributed by atoms with Crippen molar-refractivity contribution in [3.8, 4) is 22.3 Å². The largest absolute Gasteiger partial charge is 0.265 e. The fourth-order valence-corrected chi connectivity index (χ4v) is 4.50. The zero-order chi connectivity index (χ0) is 19.9. The van der Waals surface area contributed by atoms with Gasteiger partial charge in [0.05, 0.1) is 0 Å². The van der Waals surface area contributed by atoms with Crippen molar-refractivity contribution < 1.29 is 0 Å². The van der Waals surface area contributed by atoms with Crippen LogP contribution in [0.5, 0.6) is 0 Å². The van der Waals surface area contributed by atoms with Crippen molar-refractivity contribution in [2.75, 3.05) is 0 Å². The van der Waals surface area contributed by atoms with E-state index in [4.69, 9.17) is 0 Å². The molecular formula is C29H18N. The molecule has 139 valence electrons. The van der Waals surface area contributed by atoms with Crippen molar-refractivity contribution in [2.24, 2.45) is 0 Å². The summed E-state index contributed by atoms with van der Waals surface area (Å²) in [6.45, 7) is 0. The van der Waals surface area contributed by atoms with E-state index in [2.05, 4.69) is 108 Å². The lowest BCUT2D eigenvalue weighted by atomic mass is 9.87. The molecule has 0 aliphatic heterocycles. The summed E-state index contributed by atoms with van der Waals surface area (Å²) in [5, 5.41) is 7.27. The van der Waals surface area contributed by atoms with Gasteiger partial charge in [-0.3, -0.25) is 4.98 Å². The van der Waals surface area contributed by atoms with Crippen LogP contribution in [0, 0.1) is 6.07 Å². The highest BCUT2D eigenvalue weighted by Gasteiger charge is 2.14. The first kappa shape index (κ1) is 16.9. The second-order valence-electron chi connectivity index (χ2n) is 7.53. The molecule has 1 nitrogen and oxygen atoms in total. The molecule has 0 fully saturated rings. The van der Waals surface area contributed by atoms with Crippen LogP contribution in [0.15, 0.2) is 109 Å². The van der Waals surface area contributed by atoms with Gasteiger partial charge in [0, 0.05) is 12.4 Å². The Labute approximate surface area is 175 Å². The molecule has 1 radical (unpaired) electrons. The Morgan fingerprint density at radius 2 is 0.967 bits per heavy atom. The Morgan fingerprint density at radius 1 is 0.467 bits per heavy atom. The molecule has 0 unspecified atom stereocenters. The fraction of sp³-hybridized carbons (Fsp3) is 0. The van der Waals surface area contributed by atoms with Crippen LogP contribution < -0.4 is 0 Å². The topological polar surface area (TPSA) is 12.9 Å². The van der Waals surface area contributed by atoms with E-state index in [9.17, 15) is 0 Å². The van der Waals surface area contributed by atoms with Crippen molar-refractivity contribution >= 4 is 32.3 Å². The molecule has 30 heavy (non-hydrogen) atoms. The van der Waals surface area contributed by atoms with Gasteiger partial charge in [0.15, 0.2) is 0 Å². The monoisotopic (exact) mass is 380 g/mol. The summed E-state index contributed by atoms with van der Waals surface area (Å²) in [4.78, 5) is 4.18. The van der Waals surface area contributed by atoms with E-state index >= 15 is 0 Å². The maximum absolute atomic E-state index is 4.18. The molecule has 0 amide bonds. The zero-order valence-electron chi connectivity index (χ0n) is 16.3. The van der Waals surface area contributed by atoms with E-state index in [1.165, 1.54) is 43.8 Å². The van der Waals surface area contributed by atoms with Gasteiger partial charge in [-0.2, -0.15) is 0 Å². The van der Waals surface area contributed by atoms with E-state index in [1.807, 2.05) is 12.4 Å². The van der Waals surface area contributed by atoms with Gasteiger partial charge in [-0.1, -0.05) is 84.9 Å². The SMILES string of the molecule is [c]1c2ccccc2c(-c2ccc(-c3ccncc3)c3ccccc23)c2ccccc12. The summed E-state index contributed by atoms with van der Waals surface area (Å²) in [5.74, 6) is 0. The Morgan fingerprint density at radius 3 is 1.60 bits per heavy atom. The van der Waals surface area contributed by atoms with Crippen LogP contribution >= 0.6 is 0 Å². The lowest BCUT2D eigenvalue weighted by Gasteiger charge is -2.16. The van der Waals surface area contributed by atoms with Gasteiger partial charge in [0.1, 0.15) is 0 Å². The highest BCUT2D eigenvalue weighted by atomic mass is 14.6. The van der Waals surface area contributed by atoms with E-state index in [0.717, 1.165) is 10.8 Å². The summed E-state index contributed by atoms with van der Waals surface area (Å²) in [7, 11) is 0. The summed E-state index contributed by atoms with van der Waals surface area (Å²) in [6, 6.07) is 38.1. The smallest absolute Gasteiger partial charge is 0.0273 e. The maximum atomic E-state index is 4.18. The number of fused-ring (bicyclic) bond motifs is 3. The highest BCUT2D eigenvalue weighted by molar-refractivity contribution is 6.17. The van der Waals surface area contributed by atoms with Crippen LogP contribution in [0.25, 0.3) is 54.6 Å². The predicted octanol–water partition coefficient (Wildman–Crippen LogP) is 7.68. The minimum absolute atomic E-state index is 1.15. The number of aromatic nitrogens is 1. The number of rotatable bonds is 2. The Bertz CT molecular complexity index is 1480. The van der Waals surface area contributed by atoms with Gasteiger partial charge < -0.3 is 0 Å². The molecule has 0 saturated heterocycles. The van der Waals surface area contributed by atoms with Gasteiger partial charge in [0.25, 0.3) is 0 Å². The third-order valence-electron chi connectivity index (χ3n) is 5.85. The van der Waals surface area contributed by atoms with Crippen molar-refractivity contribution in [2.45, 2.75) is 0 Å². The second-order valence-corrected chi connectivity index (χ2v) is 7.53. The molecule has 0 atom stereocenters. The zero-order valence-corrected chi connectivity index (χ0v) is 16.3. The van der Waals surface area contributed by atoms with E-state index < -0.39 is 0 Å². The van der Waals surface area contributed by atoms with Crippen LogP contribution in [-0.2, 0) is 0 Å². The van der Waals surface area contributed by atoms with Crippen LogP contribution in [0.1, 0.15) is 0 Å². The molecule has 0 aliphatic rings. The van der Waals surface area contributed by atoms with Gasteiger partial charge in [-0.15, -0.1) is 0 Å². The number of nitrogens with zero attached hydrogens (tertiary/aromatic N) is 1. The van der Waals surface area contributed by atoms with Crippen molar-refractivity contribution in [3.63, 3.8) is 0 Å². The molecule has 0 aliphatic carbocycles. The molecule has 1 heteroatoms. The van der Waals surface area contributed by atoms with Crippen molar-refractivity contribution in [1.82, 2.24) is 4.98 Å². The molecule has 6 rings (SSSR count). The molecule has 0 bridgehead atoms. The van der Waals surface area contributed by atoms with E-state index in [0.29, 0.717) is 0 Å². The minimum Gasteiger partial charge on any atom is -0.265 e. The van der Waals surface area contributed by atoms with E-state index in [1.54, 1.807) is 0 Å². The van der Waals surface area contributed by atoms with Gasteiger partial charge >= 0.3 is 0 Å². The van der Waals surface area contributed by atoms with Crippen molar-refractivity contribution in [1.29, 1.82) is 0 Å². The lowest BCUT2D eigenvalue weighted by Crippen LogP contribution is -1.89. The summed E-state index contributed by atoms with van der Waals surface area (Å²) in [5.41, 5.74) is 4.94. The predicted molar refractivity (Wildman–Crippen MR) is 126 cm³/mol. The number of benzene rings is 5. The second kappa shape index (κ2) is 6.82. The summed E-state index contributed by atoms with van der Waals surface area (Å²) in [6.07, 6.45) is 3.71. The Balaban J connectivity index is 1.76. The molecule has 0 N–H and O–H groups in total. The quantitative estimate of drug-likeness (QED) is 0.281. The molecule has 0 spiro atoms. The van der Waals surface area contributed by atoms with Gasteiger partial charge in [0.2, 0.25) is 0 Å². The Kier molecular flexibility index (Phi) is 3.85. The molecule has 6 aromatic rings. The van der Waals surface area contributed by atoms with E-state index in [-0.39, 0.29) is 0 Å². The first-order valence-electron chi connectivity index (χ1n) is 10.2. The average Bonchev–Trinajstić information content (AvgIpc) is 2.82. The minimum atomic E-state index is 1.15. The highest BCUT2D eigenvalue weighted by Crippen LogP contribution is 2.41. The van der Waals surface area contributed by atoms with Crippen LogP contribution in [0.4, 0.5) is 0 Å². The third-order valence-corrected chi connectivity index (χ3v) is 5.85. The molecule has 5 aromatic carbocycles. The molecular weight excluding hydrogens is 362 g/mol. The van der Waals surface area contributed by atoms with Crippen LogP contribution in [-0.4, -0.2) is 4.98 Å². The number of hydrogen-bond donors (Lipinski definition) is 0. The standard InChI is InChI=1S/C29H18N/c1-3-9-24-21(7-1)19-22-8-2-4-10-25(22)29(24)28-14-13-23(20-15-17-30-18-16-20)26-11-5-6-12-27(26)28/h1-18H. The van der Waals surface area contributed by atoms with Gasteiger partial charge in [-0.25, -0.2) is 0 Å². The van der Waals surface area contributed by atoms with Crippen LogP contribution in [0.2, 0.25) is 0 Å². The third kappa shape index (κ3) is 2.60.